The predicted octanol–water partition coefficient (Wildman–Crippen LogP) is 2.04. The standard InChI is InChI=1S/C10H19N/c1-4-6-10(3)7-9-11-8-5-2/h1,10-11H,5-9H2,2-3H3. The van der Waals surface area contributed by atoms with E-state index in [2.05, 4.69) is 25.1 Å². The number of terminal acetylenes is 1. The first-order valence-corrected chi connectivity index (χ1v) is 4.45. The van der Waals surface area contributed by atoms with Crippen LogP contribution in [-0.4, -0.2) is 13.1 Å². The van der Waals surface area contributed by atoms with Gasteiger partial charge in [0.1, 0.15) is 0 Å². The summed E-state index contributed by atoms with van der Waals surface area (Å²) in [4.78, 5) is 0. The molecule has 1 N–H and O–H groups in total. The molecule has 0 aromatic heterocycles. The number of nitrogens with one attached hydrogen (secondary N) is 1. The lowest BCUT2D eigenvalue weighted by atomic mass is 10.1. The Morgan fingerprint density at radius 2 is 2.18 bits per heavy atom. The number of rotatable bonds is 6. The van der Waals surface area contributed by atoms with Gasteiger partial charge in [-0.2, -0.15) is 0 Å². The Hall–Kier alpha value is -0.480. The van der Waals surface area contributed by atoms with Crippen LogP contribution in [0.25, 0.3) is 0 Å². The van der Waals surface area contributed by atoms with Crippen LogP contribution in [0.1, 0.15) is 33.1 Å². The third-order valence-corrected chi connectivity index (χ3v) is 1.71. The molecule has 0 aliphatic rings. The van der Waals surface area contributed by atoms with Crippen LogP contribution in [0.5, 0.6) is 0 Å². The van der Waals surface area contributed by atoms with Gasteiger partial charge in [0.15, 0.2) is 0 Å². The van der Waals surface area contributed by atoms with Gasteiger partial charge in [-0.15, -0.1) is 12.3 Å². The average Bonchev–Trinajstić information content (AvgIpc) is 1.99. The molecular weight excluding hydrogens is 134 g/mol. The normalized spacial score (nSPS) is 12.5. The summed E-state index contributed by atoms with van der Waals surface area (Å²) in [5.74, 6) is 3.35. The molecule has 1 unspecified atom stereocenters. The second kappa shape index (κ2) is 7.63. The van der Waals surface area contributed by atoms with Crippen molar-refractivity contribution in [2.24, 2.45) is 5.92 Å². The molecule has 1 nitrogen and oxygen atoms in total. The molecule has 0 saturated carbocycles. The second-order valence-electron chi connectivity index (χ2n) is 3.05. The maximum Gasteiger partial charge on any atom is 0.0112 e. The maximum atomic E-state index is 5.19. The monoisotopic (exact) mass is 153 g/mol. The molecule has 0 aromatic carbocycles. The van der Waals surface area contributed by atoms with Crippen molar-refractivity contribution < 1.29 is 0 Å². The van der Waals surface area contributed by atoms with E-state index in [1.165, 1.54) is 12.8 Å². The summed E-state index contributed by atoms with van der Waals surface area (Å²) in [6.07, 6.45) is 8.51. The Balaban J connectivity index is 3.05. The van der Waals surface area contributed by atoms with Gasteiger partial charge in [0.05, 0.1) is 0 Å². The maximum absolute atomic E-state index is 5.19. The molecule has 0 aromatic rings. The van der Waals surface area contributed by atoms with Crippen LogP contribution in [0.2, 0.25) is 0 Å². The predicted molar refractivity (Wildman–Crippen MR) is 50.4 cm³/mol. The van der Waals surface area contributed by atoms with Gasteiger partial charge in [-0.05, 0) is 31.8 Å². The van der Waals surface area contributed by atoms with E-state index in [0.29, 0.717) is 5.92 Å². The van der Waals surface area contributed by atoms with Crippen molar-refractivity contribution in [3.63, 3.8) is 0 Å². The molecule has 0 aliphatic carbocycles. The van der Waals surface area contributed by atoms with Crippen LogP contribution < -0.4 is 5.32 Å². The molecular formula is C10H19N. The van der Waals surface area contributed by atoms with Crippen molar-refractivity contribution in [3.05, 3.63) is 0 Å². The summed E-state index contributed by atoms with van der Waals surface area (Å²) >= 11 is 0. The molecule has 0 aliphatic heterocycles. The van der Waals surface area contributed by atoms with E-state index >= 15 is 0 Å². The third-order valence-electron chi connectivity index (χ3n) is 1.71. The molecule has 1 heteroatoms. The lowest BCUT2D eigenvalue weighted by Crippen LogP contribution is -2.17. The van der Waals surface area contributed by atoms with E-state index in [9.17, 15) is 0 Å². The Kier molecular flexibility index (Phi) is 7.29. The molecule has 64 valence electrons. The van der Waals surface area contributed by atoms with E-state index < -0.39 is 0 Å². The molecule has 0 saturated heterocycles. The van der Waals surface area contributed by atoms with Crippen molar-refractivity contribution in [2.45, 2.75) is 33.1 Å². The van der Waals surface area contributed by atoms with Gasteiger partial charge in [-0.1, -0.05) is 13.8 Å². The summed E-state index contributed by atoms with van der Waals surface area (Å²) < 4.78 is 0. The average molecular weight is 153 g/mol. The van der Waals surface area contributed by atoms with Gasteiger partial charge in [0.25, 0.3) is 0 Å². The van der Waals surface area contributed by atoms with Crippen LogP contribution in [0.4, 0.5) is 0 Å². The highest BCUT2D eigenvalue weighted by molar-refractivity contribution is 4.85. The highest BCUT2D eigenvalue weighted by Gasteiger charge is 1.97. The minimum atomic E-state index is 0.671. The van der Waals surface area contributed by atoms with Gasteiger partial charge < -0.3 is 5.32 Å². The molecule has 0 spiro atoms. The topological polar surface area (TPSA) is 12.0 Å². The van der Waals surface area contributed by atoms with Gasteiger partial charge in [-0.3, -0.25) is 0 Å². The van der Waals surface area contributed by atoms with Gasteiger partial charge in [0.2, 0.25) is 0 Å². The smallest absolute Gasteiger partial charge is 0.0112 e. The zero-order chi connectivity index (χ0) is 8.53. The second-order valence-corrected chi connectivity index (χ2v) is 3.05. The molecule has 0 bridgehead atoms. The highest BCUT2D eigenvalue weighted by atomic mass is 14.8. The summed E-state index contributed by atoms with van der Waals surface area (Å²) in [7, 11) is 0. The largest absolute Gasteiger partial charge is 0.317 e. The van der Waals surface area contributed by atoms with Crippen LogP contribution in [0.3, 0.4) is 0 Å². The summed E-state index contributed by atoms with van der Waals surface area (Å²) in [5, 5.41) is 3.36. The zero-order valence-corrected chi connectivity index (χ0v) is 7.69. The fourth-order valence-corrected chi connectivity index (χ4v) is 0.953. The lowest BCUT2D eigenvalue weighted by Gasteiger charge is -2.07. The van der Waals surface area contributed by atoms with E-state index in [0.717, 1.165) is 19.5 Å². The van der Waals surface area contributed by atoms with Crippen molar-refractivity contribution in [2.75, 3.05) is 13.1 Å². The van der Waals surface area contributed by atoms with E-state index in [1.54, 1.807) is 0 Å². The van der Waals surface area contributed by atoms with Crippen molar-refractivity contribution in [1.29, 1.82) is 0 Å². The molecule has 0 radical (unpaired) electrons. The lowest BCUT2D eigenvalue weighted by molar-refractivity contribution is 0.511. The minimum absolute atomic E-state index is 0.671. The van der Waals surface area contributed by atoms with E-state index in [-0.39, 0.29) is 0 Å². The first-order chi connectivity index (χ1) is 5.31. The Labute approximate surface area is 70.6 Å². The van der Waals surface area contributed by atoms with Crippen LogP contribution in [0.15, 0.2) is 0 Å². The summed E-state index contributed by atoms with van der Waals surface area (Å²) in [5.41, 5.74) is 0. The third kappa shape index (κ3) is 7.42. The van der Waals surface area contributed by atoms with Gasteiger partial charge >= 0.3 is 0 Å². The zero-order valence-electron chi connectivity index (χ0n) is 7.69. The molecule has 0 heterocycles. The van der Waals surface area contributed by atoms with Crippen molar-refractivity contribution in [1.82, 2.24) is 5.32 Å². The van der Waals surface area contributed by atoms with Crippen molar-refractivity contribution >= 4 is 0 Å². The summed E-state index contributed by atoms with van der Waals surface area (Å²) in [6, 6.07) is 0. The van der Waals surface area contributed by atoms with Crippen LogP contribution in [-0.2, 0) is 0 Å². The molecule has 0 rings (SSSR count). The van der Waals surface area contributed by atoms with E-state index in [1.807, 2.05) is 0 Å². The molecule has 0 amide bonds. The first-order valence-electron chi connectivity index (χ1n) is 4.45. The molecule has 11 heavy (non-hydrogen) atoms. The Morgan fingerprint density at radius 3 is 2.73 bits per heavy atom. The van der Waals surface area contributed by atoms with Crippen LogP contribution in [0, 0.1) is 18.3 Å². The SMILES string of the molecule is C#CCC(C)CCNCCC. The first kappa shape index (κ1) is 10.5. The number of hydrogen-bond acceptors (Lipinski definition) is 1. The number of hydrogen-bond donors (Lipinski definition) is 1. The van der Waals surface area contributed by atoms with Crippen molar-refractivity contribution in [3.8, 4) is 12.3 Å². The Bertz CT molecular complexity index is 113. The van der Waals surface area contributed by atoms with Gasteiger partial charge in [-0.25, -0.2) is 0 Å². The van der Waals surface area contributed by atoms with Crippen LogP contribution >= 0.6 is 0 Å². The van der Waals surface area contributed by atoms with Gasteiger partial charge in [0, 0.05) is 6.42 Å². The molecule has 1 atom stereocenters. The minimum Gasteiger partial charge on any atom is -0.317 e. The Morgan fingerprint density at radius 1 is 1.45 bits per heavy atom. The van der Waals surface area contributed by atoms with E-state index in [4.69, 9.17) is 6.42 Å². The summed E-state index contributed by atoms with van der Waals surface area (Å²) in [6.45, 7) is 6.62. The fourth-order valence-electron chi connectivity index (χ4n) is 0.953. The highest BCUT2D eigenvalue weighted by Crippen LogP contribution is 2.03. The molecule has 0 fully saturated rings. The fraction of sp³-hybridized carbons (Fsp3) is 0.800. The quantitative estimate of drug-likeness (QED) is 0.455.